The number of aryl methyl sites for hydroxylation is 2. The van der Waals surface area contributed by atoms with Crippen LogP contribution in [0.15, 0.2) is 41.4 Å². The molecule has 0 atom stereocenters. The number of hydrogen-bond donors (Lipinski definition) is 0. The molecule has 0 N–H and O–H groups in total. The Morgan fingerprint density at radius 2 is 1.83 bits per heavy atom. The van der Waals surface area contributed by atoms with E-state index in [1.54, 1.807) is 11.0 Å². The first kappa shape index (κ1) is 20.5. The molecule has 0 radical (unpaired) electrons. The van der Waals surface area contributed by atoms with Crippen LogP contribution in [0.5, 0.6) is 0 Å². The molecular weight excluding hydrogens is 398 g/mol. The number of amides is 3. The smallest absolute Gasteiger partial charge is 0.294 e. The highest BCUT2D eigenvalue weighted by molar-refractivity contribution is 8.18. The third-order valence-corrected chi connectivity index (χ3v) is 6.61. The monoisotopic (exact) mass is 423 g/mol. The molecule has 7 heteroatoms. The third kappa shape index (κ3) is 4.07. The van der Waals surface area contributed by atoms with E-state index < -0.39 is 5.91 Å². The molecule has 2 aliphatic heterocycles. The van der Waals surface area contributed by atoms with Gasteiger partial charge in [-0.1, -0.05) is 6.07 Å². The maximum Gasteiger partial charge on any atom is 0.294 e. The van der Waals surface area contributed by atoms with E-state index in [-0.39, 0.29) is 17.7 Å². The van der Waals surface area contributed by atoms with E-state index in [9.17, 15) is 14.4 Å². The average Bonchev–Trinajstić information content (AvgIpc) is 3.31. The minimum atomic E-state index is -0.400. The number of imide groups is 1. The maximum atomic E-state index is 12.8. The standard InChI is InChI=1S/C23H25N3O3S/c1-16-8-9-19(13-17(16)2)25-12-6-7-18(25)14-20-22(28)26(23(29)30-20)15-21(27)24-10-4-3-5-11-24/h6-9,12-14H,3-5,10-11,15H2,1-2H3/b20-14-. The van der Waals surface area contributed by atoms with Gasteiger partial charge in [0.15, 0.2) is 0 Å². The van der Waals surface area contributed by atoms with Gasteiger partial charge in [-0.3, -0.25) is 19.3 Å². The lowest BCUT2D eigenvalue weighted by Gasteiger charge is -2.27. The summed E-state index contributed by atoms with van der Waals surface area (Å²) in [6.07, 6.45) is 6.73. The van der Waals surface area contributed by atoms with E-state index in [1.807, 2.05) is 29.0 Å². The zero-order chi connectivity index (χ0) is 21.3. The van der Waals surface area contributed by atoms with E-state index in [2.05, 4.69) is 26.0 Å². The second kappa shape index (κ2) is 8.52. The Bertz CT molecular complexity index is 1030. The number of carbonyl (C=O) groups excluding carboxylic acids is 3. The summed E-state index contributed by atoms with van der Waals surface area (Å²) in [7, 11) is 0. The van der Waals surface area contributed by atoms with Crippen molar-refractivity contribution in [3.8, 4) is 5.69 Å². The summed E-state index contributed by atoms with van der Waals surface area (Å²) in [5, 5.41) is -0.388. The second-order valence-electron chi connectivity index (χ2n) is 7.78. The Balaban J connectivity index is 1.53. The van der Waals surface area contributed by atoms with Crippen molar-refractivity contribution in [3.05, 3.63) is 58.3 Å². The summed E-state index contributed by atoms with van der Waals surface area (Å²) in [4.78, 5) is 40.9. The maximum absolute atomic E-state index is 12.8. The quantitative estimate of drug-likeness (QED) is 0.694. The number of carbonyl (C=O) groups is 3. The van der Waals surface area contributed by atoms with E-state index in [4.69, 9.17) is 0 Å². The average molecular weight is 424 g/mol. The first-order valence-electron chi connectivity index (χ1n) is 10.2. The largest absolute Gasteiger partial charge is 0.341 e. The van der Waals surface area contributed by atoms with Gasteiger partial charge in [0.25, 0.3) is 11.1 Å². The molecule has 3 amide bonds. The first-order valence-corrected chi connectivity index (χ1v) is 11.0. The molecule has 2 saturated heterocycles. The van der Waals surface area contributed by atoms with Crippen molar-refractivity contribution in [3.63, 3.8) is 0 Å². The van der Waals surface area contributed by atoms with Crippen LogP contribution in [0.25, 0.3) is 11.8 Å². The summed E-state index contributed by atoms with van der Waals surface area (Å²) in [6.45, 7) is 5.35. The van der Waals surface area contributed by atoms with Crippen molar-refractivity contribution in [2.24, 2.45) is 0 Å². The van der Waals surface area contributed by atoms with Crippen molar-refractivity contribution in [1.82, 2.24) is 14.4 Å². The molecule has 4 rings (SSSR count). The molecule has 0 aliphatic carbocycles. The molecule has 6 nitrogen and oxygen atoms in total. The lowest BCUT2D eigenvalue weighted by molar-refractivity contribution is -0.136. The topological polar surface area (TPSA) is 62.6 Å². The number of nitrogens with zero attached hydrogens (tertiary/aromatic N) is 3. The normalized spacial score (nSPS) is 18.5. The highest BCUT2D eigenvalue weighted by Crippen LogP contribution is 2.33. The van der Waals surface area contributed by atoms with Crippen LogP contribution in [0.4, 0.5) is 4.79 Å². The molecule has 3 heterocycles. The molecule has 1 aromatic heterocycles. The minimum Gasteiger partial charge on any atom is -0.341 e. The molecule has 2 aromatic rings. The predicted molar refractivity (Wildman–Crippen MR) is 118 cm³/mol. The van der Waals surface area contributed by atoms with Gasteiger partial charge in [0.1, 0.15) is 6.54 Å². The van der Waals surface area contributed by atoms with E-state index >= 15 is 0 Å². The summed E-state index contributed by atoms with van der Waals surface area (Å²) in [5.74, 6) is -0.556. The molecule has 0 spiro atoms. The van der Waals surface area contributed by atoms with Crippen molar-refractivity contribution in [2.45, 2.75) is 33.1 Å². The predicted octanol–water partition coefficient (Wildman–Crippen LogP) is 4.14. The lowest BCUT2D eigenvalue weighted by Crippen LogP contribution is -2.44. The fourth-order valence-electron chi connectivity index (χ4n) is 3.77. The summed E-state index contributed by atoms with van der Waals surface area (Å²) >= 11 is 0.893. The van der Waals surface area contributed by atoms with Gasteiger partial charge >= 0.3 is 0 Å². The number of likely N-dealkylation sites (tertiary alicyclic amines) is 1. The number of aromatic nitrogens is 1. The summed E-state index contributed by atoms with van der Waals surface area (Å²) in [6, 6.07) is 10.0. The van der Waals surface area contributed by atoms with Gasteiger partial charge < -0.3 is 9.47 Å². The number of benzene rings is 1. The van der Waals surface area contributed by atoms with Crippen LogP contribution in [-0.2, 0) is 9.59 Å². The zero-order valence-corrected chi connectivity index (χ0v) is 18.1. The molecule has 1 aromatic carbocycles. The van der Waals surface area contributed by atoms with Gasteiger partial charge in [0.05, 0.1) is 4.91 Å². The number of rotatable bonds is 4. The van der Waals surface area contributed by atoms with Crippen molar-refractivity contribution in [2.75, 3.05) is 19.6 Å². The molecule has 0 saturated carbocycles. The molecule has 156 valence electrons. The van der Waals surface area contributed by atoms with Gasteiger partial charge in [-0.05, 0) is 86.3 Å². The highest BCUT2D eigenvalue weighted by Gasteiger charge is 2.37. The molecular formula is C23H25N3O3S. The number of hydrogen-bond acceptors (Lipinski definition) is 4. The lowest BCUT2D eigenvalue weighted by atomic mass is 10.1. The van der Waals surface area contributed by atoms with Crippen molar-refractivity contribution >= 4 is 34.9 Å². The fourth-order valence-corrected chi connectivity index (χ4v) is 4.59. The number of thioether (sulfide) groups is 1. The Morgan fingerprint density at radius 3 is 2.57 bits per heavy atom. The fraction of sp³-hybridized carbons (Fsp3) is 0.348. The van der Waals surface area contributed by atoms with Crippen LogP contribution in [0, 0.1) is 13.8 Å². The summed E-state index contributed by atoms with van der Waals surface area (Å²) < 4.78 is 1.99. The minimum absolute atomic E-state index is 0.156. The Labute approximate surface area is 180 Å². The van der Waals surface area contributed by atoms with Gasteiger partial charge in [0.2, 0.25) is 5.91 Å². The Kier molecular flexibility index (Phi) is 5.81. The van der Waals surface area contributed by atoms with Crippen LogP contribution in [0.1, 0.15) is 36.1 Å². The first-order chi connectivity index (χ1) is 14.4. The van der Waals surface area contributed by atoms with Crippen LogP contribution in [0.2, 0.25) is 0 Å². The summed E-state index contributed by atoms with van der Waals surface area (Å²) in [5.41, 5.74) is 4.20. The molecule has 2 aliphatic rings. The SMILES string of the molecule is Cc1ccc(-n2cccc2/C=C2\SC(=O)N(CC(=O)N3CCCCC3)C2=O)cc1C. The van der Waals surface area contributed by atoms with Crippen molar-refractivity contribution in [1.29, 1.82) is 0 Å². The van der Waals surface area contributed by atoms with Gasteiger partial charge in [-0.25, -0.2) is 0 Å². The highest BCUT2D eigenvalue weighted by atomic mass is 32.2. The third-order valence-electron chi connectivity index (χ3n) is 5.70. The van der Waals surface area contributed by atoms with Crippen LogP contribution in [-0.4, -0.2) is 51.1 Å². The van der Waals surface area contributed by atoms with E-state index in [0.29, 0.717) is 18.0 Å². The van der Waals surface area contributed by atoms with Crippen molar-refractivity contribution < 1.29 is 14.4 Å². The second-order valence-corrected chi connectivity index (χ2v) is 8.77. The van der Waals surface area contributed by atoms with Gasteiger partial charge in [0, 0.05) is 30.7 Å². The van der Waals surface area contributed by atoms with Gasteiger partial charge in [-0.2, -0.15) is 0 Å². The van der Waals surface area contributed by atoms with Crippen LogP contribution in [0.3, 0.4) is 0 Å². The molecule has 0 bridgehead atoms. The van der Waals surface area contributed by atoms with Crippen LogP contribution < -0.4 is 0 Å². The molecule has 2 fully saturated rings. The Hall–Kier alpha value is -2.80. The number of piperidine rings is 1. The van der Waals surface area contributed by atoms with E-state index in [0.717, 1.165) is 47.3 Å². The Morgan fingerprint density at radius 1 is 1.07 bits per heavy atom. The van der Waals surface area contributed by atoms with Gasteiger partial charge in [-0.15, -0.1) is 0 Å². The van der Waals surface area contributed by atoms with Crippen LogP contribution >= 0.6 is 11.8 Å². The van der Waals surface area contributed by atoms with E-state index in [1.165, 1.54) is 11.1 Å². The molecule has 30 heavy (non-hydrogen) atoms. The zero-order valence-electron chi connectivity index (χ0n) is 17.3. The molecule has 0 unspecified atom stereocenters.